The van der Waals surface area contributed by atoms with Crippen LogP contribution in [0.3, 0.4) is 0 Å². The van der Waals surface area contributed by atoms with E-state index in [1.54, 1.807) is 0 Å². The first-order valence-corrected chi connectivity index (χ1v) is 8.53. The van der Waals surface area contributed by atoms with Crippen LogP contribution < -0.4 is 14.8 Å². The fourth-order valence-electron chi connectivity index (χ4n) is 2.67. The summed E-state index contributed by atoms with van der Waals surface area (Å²) in [5, 5.41) is 11.2. The molecule has 0 fully saturated rings. The van der Waals surface area contributed by atoms with Gasteiger partial charge < -0.3 is 14.8 Å². The number of fused-ring (bicyclic) bond motifs is 1. The van der Waals surface area contributed by atoms with Crippen molar-refractivity contribution >= 4 is 11.6 Å². The molecule has 0 aliphatic carbocycles. The molecular formula is C19H22N4O3. The van der Waals surface area contributed by atoms with E-state index in [-0.39, 0.29) is 11.9 Å². The monoisotopic (exact) mass is 354 g/mol. The third-order valence-electron chi connectivity index (χ3n) is 3.85. The number of aromatic nitrogens is 3. The van der Waals surface area contributed by atoms with Crippen LogP contribution in [0.5, 0.6) is 11.5 Å². The summed E-state index contributed by atoms with van der Waals surface area (Å²) in [5.74, 6) is 2.18. The minimum absolute atomic E-state index is 0.102. The van der Waals surface area contributed by atoms with Crippen molar-refractivity contribution in [1.82, 2.24) is 19.9 Å². The lowest BCUT2D eigenvalue weighted by atomic mass is 10.2. The summed E-state index contributed by atoms with van der Waals surface area (Å²) in [6, 6.07) is 11.2. The van der Waals surface area contributed by atoms with E-state index in [0.29, 0.717) is 24.7 Å². The van der Waals surface area contributed by atoms with E-state index in [0.717, 1.165) is 17.1 Å². The first-order valence-electron chi connectivity index (χ1n) is 8.53. The zero-order valence-electron chi connectivity index (χ0n) is 15.1. The van der Waals surface area contributed by atoms with E-state index >= 15 is 0 Å². The molecule has 0 bridgehead atoms. The van der Waals surface area contributed by atoms with Gasteiger partial charge in [-0.3, -0.25) is 9.20 Å². The quantitative estimate of drug-likeness (QED) is 0.706. The fraction of sp³-hybridized carbons (Fsp3) is 0.316. The van der Waals surface area contributed by atoms with Crippen molar-refractivity contribution in [2.75, 3.05) is 6.61 Å². The van der Waals surface area contributed by atoms with Gasteiger partial charge in [-0.2, -0.15) is 0 Å². The number of hydrogen-bond donors (Lipinski definition) is 1. The molecule has 0 aliphatic rings. The topological polar surface area (TPSA) is 77.8 Å². The highest BCUT2D eigenvalue weighted by atomic mass is 16.5. The fourth-order valence-corrected chi connectivity index (χ4v) is 2.67. The van der Waals surface area contributed by atoms with Crippen LogP contribution >= 0.6 is 0 Å². The number of benzene rings is 1. The first-order chi connectivity index (χ1) is 12.6. The van der Waals surface area contributed by atoms with Crippen molar-refractivity contribution in [1.29, 1.82) is 0 Å². The van der Waals surface area contributed by atoms with E-state index < -0.39 is 0 Å². The van der Waals surface area contributed by atoms with Crippen LogP contribution in [0.2, 0.25) is 0 Å². The minimum Gasteiger partial charge on any atom is -0.494 e. The number of pyridine rings is 1. The molecule has 1 unspecified atom stereocenters. The molecule has 1 amide bonds. The molecule has 0 aliphatic heterocycles. The van der Waals surface area contributed by atoms with Gasteiger partial charge >= 0.3 is 0 Å². The van der Waals surface area contributed by atoms with Crippen LogP contribution in [-0.4, -0.2) is 27.1 Å². The predicted molar refractivity (Wildman–Crippen MR) is 97.2 cm³/mol. The summed E-state index contributed by atoms with van der Waals surface area (Å²) in [5.41, 5.74) is 1.70. The lowest BCUT2D eigenvalue weighted by Crippen LogP contribution is -2.25. The van der Waals surface area contributed by atoms with Gasteiger partial charge in [-0.05, 0) is 55.8 Å². The van der Waals surface area contributed by atoms with Crippen LogP contribution in [-0.2, 0) is 11.4 Å². The zero-order valence-corrected chi connectivity index (χ0v) is 15.1. The Bertz CT molecular complexity index is 889. The van der Waals surface area contributed by atoms with Gasteiger partial charge in [0.1, 0.15) is 18.1 Å². The number of amides is 1. The van der Waals surface area contributed by atoms with E-state index in [1.807, 2.05) is 60.8 Å². The maximum absolute atomic E-state index is 11.2. The van der Waals surface area contributed by atoms with Crippen LogP contribution in [0.4, 0.5) is 0 Å². The molecule has 0 spiro atoms. The Kier molecular flexibility index (Phi) is 5.36. The van der Waals surface area contributed by atoms with Crippen molar-refractivity contribution in [3.63, 3.8) is 0 Å². The zero-order chi connectivity index (χ0) is 18.5. The van der Waals surface area contributed by atoms with Gasteiger partial charge in [0, 0.05) is 13.1 Å². The van der Waals surface area contributed by atoms with Crippen LogP contribution in [0.15, 0.2) is 42.6 Å². The third-order valence-corrected chi connectivity index (χ3v) is 3.85. The molecule has 3 rings (SSSR count). The second kappa shape index (κ2) is 7.86. The first kappa shape index (κ1) is 17.7. The lowest BCUT2D eigenvalue weighted by molar-refractivity contribution is -0.119. The highest BCUT2D eigenvalue weighted by Gasteiger charge is 2.14. The SMILES string of the molecule is CCOc1ccc(OCc2ccn3c(C(C)NC(C)=O)nnc3c2)cc1. The van der Waals surface area contributed by atoms with E-state index in [4.69, 9.17) is 9.47 Å². The lowest BCUT2D eigenvalue weighted by Gasteiger charge is -2.11. The summed E-state index contributed by atoms with van der Waals surface area (Å²) in [6.45, 7) is 6.37. The van der Waals surface area contributed by atoms with Crippen molar-refractivity contribution in [2.45, 2.75) is 33.4 Å². The van der Waals surface area contributed by atoms with Gasteiger partial charge in [0.25, 0.3) is 0 Å². The average molecular weight is 354 g/mol. The van der Waals surface area contributed by atoms with Crippen molar-refractivity contribution in [3.05, 3.63) is 54.0 Å². The number of carbonyl (C=O) groups is 1. The molecule has 2 heterocycles. The largest absolute Gasteiger partial charge is 0.494 e. The summed E-state index contributed by atoms with van der Waals surface area (Å²) in [4.78, 5) is 11.2. The number of nitrogens with one attached hydrogen (secondary N) is 1. The Labute approximate surface area is 152 Å². The Morgan fingerprint density at radius 3 is 2.50 bits per heavy atom. The van der Waals surface area contributed by atoms with Gasteiger partial charge in [-0.15, -0.1) is 10.2 Å². The number of nitrogens with zero attached hydrogens (tertiary/aromatic N) is 3. The Morgan fingerprint density at radius 1 is 1.15 bits per heavy atom. The molecule has 7 heteroatoms. The number of carbonyl (C=O) groups excluding carboxylic acids is 1. The second-order valence-corrected chi connectivity index (χ2v) is 5.94. The van der Waals surface area contributed by atoms with Crippen LogP contribution in [0.1, 0.15) is 38.2 Å². The van der Waals surface area contributed by atoms with Crippen LogP contribution in [0.25, 0.3) is 5.65 Å². The highest BCUT2D eigenvalue weighted by molar-refractivity contribution is 5.73. The molecule has 0 radical (unpaired) electrons. The molecule has 26 heavy (non-hydrogen) atoms. The predicted octanol–water partition coefficient (Wildman–Crippen LogP) is 2.90. The number of rotatable bonds is 7. The van der Waals surface area contributed by atoms with E-state index in [1.165, 1.54) is 6.92 Å². The van der Waals surface area contributed by atoms with Gasteiger partial charge in [-0.25, -0.2) is 0 Å². The van der Waals surface area contributed by atoms with Gasteiger partial charge in [0.05, 0.1) is 12.6 Å². The molecule has 0 saturated heterocycles. The Hall–Kier alpha value is -3.09. The molecule has 0 saturated carbocycles. The molecule has 2 aromatic heterocycles. The van der Waals surface area contributed by atoms with Crippen molar-refractivity contribution in [2.24, 2.45) is 0 Å². The molecule has 7 nitrogen and oxygen atoms in total. The summed E-state index contributed by atoms with van der Waals surface area (Å²) >= 11 is 0. The standard InChI is InChI=1S/C19H22N4O3/c1-4-25-16-5-7-17(8-6-16)26-12-15-9-10-23-18(11-15)21-22-19(23)13(2)20-14(3)24/h5-11,13H,4,12H2,1-3H3,(H,20,24). The van der Waals surface area contributed by atoms with Gasteiger partial charge in [0.2, 0.25) is 5.91 Å². The smallest absolute Gasteiger partial charge is 0.217 e. The Morgan fingerprint density at radius 2 is 1.85 bits per heavy atom. The van der Waals surface area contributed by atoms with Crippen LogP contribution in [0, 0.1) is 0 Å². The minimum atomic E-state index is -0.214. The molecule has 1 N–H and O–H groups in total. The number of ether oxygens (including phenoxy) is 2. The molecule has 136 valence electrons. The molecule has 1 aromatic carbocycles. The average Bonchev–Trinajstić information content (AvgIpc) is 3.04. The summed E-state index contributed by atoms with van der Waals surface area (Å²) in [6.07, 6.45) is 1.89. The summed E-state index contributed by atoms with van der Waals surface area (Å²) < 4.78 is 13.1. The third kappa shape index (κ3) is 4.11. The van der Waals surface area contributed by atoms with Crippen molar-refractivity contribution in [3.8, 4) is 11.5 Å². The summed E-state index contributed by atoms with van der Waals surface area (Å²) in [7, 11) is 0. The second-order valence-electron chi connectivity index (χ2n) is 5.94. The van der Waals surface area contributed by atoms with E-state index in [2.05, 4.69) is 15.5 Å². The van der Waals surface area contributed by atoms with Gasteiger partial charge in [-0.1, -0.05) is 0 Å². The van der Waals surface area contributed by atoms with Crippen molar-refractivity contribution < 1.29 is 14.3 Å². The molecule has 1 atom stereocenters. The normalized spacial score (nSPS) is 12.0. The van der Waals surface area contributed by atoms with E-state index in [9.17, 15) is 4.79 Å². The Balaban J connectivity index is 1.68. The molecular weight excluding hydrogens is 332 g/mol. The number of hydrogen-bond acceptors (Lipinski definition) is 5. The molecule has 3 aromatic rings. The maximum Gasteiger partial charge on any atom is 0.217 e. The maximum atomic E-state index is 11.2. The highest BCUT2D eigenvalue weighted by Crippen LogP contribution is 2.19. The van der Waals surface area contributed by atoms with Gasteiger partial charge in [0.15, 0.2) is 11.5 Å².